The Morgan fingerprint density at radius 3 is 2.56 bits per heavy atom. The van der Waals surface area contributed by atoms with Crippen molar-refractivity contribution in [3.05, 3.63) is 113 Å². The summed E-state index contributed by atoms with van der Waals surface area (Å²) in [5.74, 6) is -0.624. The van der Waals surface area contributed by atoms with E-state index in [4.69, 9.17) is 9.47 Å². The van der Waals surface area contributed by atoms with E-state index < -0.39 is 24.3 Å². The van der Waals surface area contributed by atoms with E-state index in [1.807, 2.05) is 30.3 Å². The first-order chi connectivity index (χ1) is 21.0. The Hall–Kier alpha value is -5.05. The van der Waals surface area contributed by atoms with Gasteiger partial charge in [-0.05, 0) is 54.8 Å². The number of rotatable bonds is 8. The second-order valence-electron chi connectivity index (χ2n) is 10.2. The van der Waals surface area contributed by atoms with Crippen LogP contribution in [0.4, 0.5) is 15.6 Å². The topological polar surface area (TPSA) is 125 Å². The number of hydrogen-bond acceptors (Lipinski definition) is 8. The Kier molecular flexibility index (Phi) is 8.13. The normalized spacial score (nSPS) is 17.6. The van der Waals surface area contributed by atoms with Crippen LogP contribution >= 0.6 is 11.3 Å². The van der Waals surface area contributed by atoms with E-state index in [2.05, 4.69) is 16.4 Å². The predicted octanol–water partition coefficient (Wildman–Crippen LogP) is 5.31. The van der Waals surface area contributed by atoms with Crippen molar-refractivity contribution in [1.29, 1.82) is 5.26 Å². The zero-order valence-electron chi connectivity index (χ0n) is 23.0. The van der Waals surface area contributed by atoms with Crippen LogP contribution in [0.2, 0.25) is 0 Å². The molecular formula is C32H27N5O5S. The van der Waals surface area contributed by atoms with E-state index in [0.717, 1.165) is 18.4 Å². The first-order valence-corrected chi connectivity index (χ1v) is 14.6. The number of carbonyl (C=O) groups excluding carboxylic acids is 3. The van der Waals surface area contributed by atoms with Crippen LogP contribution in [0.1, 0.15) is 46.1 Å². The zero-order valence-corrected chi connectivity index (χ0v) is 23.8. The second kappa shape index (κ2) is 12.4. The molecular weight excluding hydrogens is 566 g/mol. The van der Waals surface area contributed by atoms with Crippen LogP contribution < -0.4 is 10.2 Å². The van der Waals surface area contributed by atoms with Gasteiger partial charge >= 0.3 is 6.09 Å². The number of benzene rings is 3. The van der Waals surface area contributed by atoms with Gasteiger partial charge in [-0.15, -0.1) is 11.3 Å². The van der Waals surface area contributed by atoms with Crippen molar-refractivity contribution >= 4 is 40.1 Å². The smallest absolute Gasteiger partial charge is 0.413 e. The summed E-state index contributed by atoms with van der Waals surface area (Å²) in [5, 5.41) is 14.6. The number of nitrogens with one attached hydrogen (secondary N) is 1. The molecule has 3 amide bonds. The molecule has 6 rings (SSSR count). The monoisotopic (exact) mass is 593 g/mol. The van der Waals surface area contributed by atoms with Crippen LogP contribution in [-0.2, 0) is 20.9 Å². The van der Waals surface area contributed by atoms with Gasteiger partial charge in [0, 0.05) is 28.7 Å². The van der Waals surface area contributed by atoms with Crippen molar-refractivity contribution in [1.82, 2.24) is 15.2 Å². The number of nitriles is 1. The summed E-state index contributed by atoms with van der Waals surface area (Å²) in [4.78, 5) is 47.6. The minimum atomic E-state index is -1.07. The highest BCUT2D eigenvalue weighted by Crippen LogP contribution is 2.36. The summed E-state index contributed by atoms with van der Waals surface area (Å²) >= 11 is 1.26. The van der Waals surface area contributed by atoms with Crippen LogP contribution in [0.25, 0.3) is 0 Å². The number of thiazole rings is 1. The summed E-state index contributed by atoms with van der Waals surface area (Å²) in [7, 11) is 0. The van der Waals surface area contributed by atoms with Crippen LogP contribution in [-0.4, -0.2) is 46.5 Å². The minimum Gasteiger partial charge on any atom is -0.444 e. The van der Waals surface area contributed by atoms with Crippen molar-refractivity contribution in [2.45, 2.75) is 37.8 Å². The van der Waals surface area contributed by atoms with Gasteiger partial charge in [0.05, 0.1) is 23.9 Å². The molecule has 2 aliphatic rings. The number of anilines is 2. The highest BCUT2D eigenvalue weighted by Gasteiger charge is 2.46. The Balaban J connectivity index is 1.31. The van der Waals surface area contributed by atoms with Gasteiger partial charge in [-0.3, -0.25) is 19.4 Å². The SMILES string of the molecule is N#Cc1cccc(C2OCC(C(=O)N(c3ccc(C(=O)NC4CC4)cc3)c3nccs3)N2C(=O)OCc2ccccc2)c1. The van der Waals surface area contributed by atoms with Crippen molar-refractivity contribution in [2.24, 2.45) is 0 Å². The third kappa shape index (κ3) is 6.25. The van der Waals surface area contributed by atoms with E-state index in [-0.39, 0.29) is 25.2 Å². The summed E-state index contributed by atoms with van der Waals surface area (Å²) in [6.07, 6.45) is 1.85. The predicted molar refractivity (Wildman–Crippen MR) is 158 cm³/mol. The highest BCUT2D eigenvalue weighted by atomic mass is 32.1. The summed E-state index contributed by atoms with van der Waals surface area (Å²) in [6.45, 7) is -0.104. The number of hydrogen-bond donors (Lipinski definition) is 1. The molecule has 2 heterocycles. The van der Waals surface area contributed by atoms with E-state index in [0.29, 0.717) is 27.5 Å². The standard InChI is InChI=1S/C32H27N5O5S/c33-18-22-7-4-8-24(17-22)30-37(32(40)42-19-21-5-2-1-3-6-21)27(20-41-30)29(39)36(31-34-15-16-43-31)26-13-9-23(10-14-26)28(38)35-25-11-12-25/h1-10,13-17,25,27,30H,11-12,19-20H2,(H,35,38). The molecule has 0 bridgehead atoms. The van der Waals surface area contributed by atoms with E-state index in [1.165, 1.54) is 21.1 Å². The molecule has 2 fully saturated rings. The Labute approximate surface area is 252 Å². The van der Waals surface area contributed by atoms with Crippen LogP contribution in [0.5, 0.6) is 0 Å². The van der Waals surface area contributed by atoms with Gasteiger partial charge in [-0.1, -0.05) is 42.5 Å². The zero-order chi connectivity index (χ0) is 29.8. The molecule has 1 aromatic heterocycles. The van der Waals surface area contributed by atoms with Gasteiger partial charge < -0.3 is 14.8 Å². The van der Waals surface area contributed by atoms with Gasteiger partial charge in [0.1, 0.15) is 12.6 Å². The largest absolute Gasteiger partial charge is 0.444 e. The molecule has 0 radical (unpaired) electrons. The van der Waals surface area contributed by atoms with E-state index >= 15 is 0 Å². The number of carbonyl (C=O) groups is 3. The lowest BCUT2D eigenvalue weighted by Gasteiger charge is -2.30. The average Bonchev–Trinajstić information content (AvgIpc) is 3.49. The Morgan fingerprint density at radius 1 is 1.07 bits per heavy atom. The molecule has 3 aromatic carbocycles. The fraction of sp³-hybridized carbons (Fsp3) is 0.219. The van der Waals surface area contributed by atoms with Crippen LogP contribution in [0.15, 0.2) is 90.4 Å². The molecule has 1 aliphatic carbocycles. The first-order valence-electron chi connectivity index (χ1n) is 13.8. The second-order valence-corrected chi connectivity index (χ2v) is 11.0. The number of nitrogens with zero attached hydrogens (tertiary/aromatic N) is 4. The average molecular weight is 594 g/mol. The van der Waals surface area contributed by atoms with E-state index in [1.54, 1.807) is 60.1 Å². The van der Waals surface area contributed by atoms with Gasteiger partial charge in [0.2, 0.25) is 0 Å². The molecule has 1 N–H and O–H groups in total. The van der Waals surface area contributed by atoms with E-state index in [9.17, 15) is 19.6 Å². The van der Waals surface area contributed by atoms with Crippen molar-refractivity contribution < 1.29 is 23.9 Å². The lowest BCUT2D eigenvalue weighted by atomic mass is 10.1. The molecule has 1 saturated heterocycles. The van der Waals surface area contributed by atoms with Gasteiger partial charge in [0.15, 0.2) is 11.4 Å². The van der Waals surface area contributed by atoms with Crippen LogP contribution in [0.3, 0.4) is 0 Å². The molecule has 1 aliphatic heterocycles. The third-order valence-corrected chi connectivity index (χ3v) is 7.89. The van der Waals surface area contributed by atoms with Crippen LogP contribution in [0, 0.1) is 11.3 Å². The van der Waals surface area contributed by atoms with Gasteiger partial charge in [0.25, 0.3) is 11.8 Å². The Bertz CT molecular complexity index is 1650. The molecule has 10 nitrogen and oxygen atoms in total. The quantitative estimate of drug-likeness (QED) is 0.294. The van der Waals surface area contributed by atoms with Crippen molar-refractivity contribution in [3.8, 4) is 6.07 Å². The fourth-order valence-electron chi connectivity index (χ4n) is 4.80. The lowest BCUT2D eigenvalue weighted by molar-refractivity contribution is -0.121. The molecule has 216 valence electrons. The molecule has 2 atom stereocenters. The highest BCUT2D eigenvalue weighted by molar-refractivity contribution is 7.13. The first kappa shape index (κ1) is 28.1. The van der Waals surface area contributed by atoms with Crippen molar-refractivity contribution in [2.75, 3.05) is 11.5 Å². The Morgan fingerprint density at radius 2 is 1.86 bits per heavy atom. The maximum atomic E-state index is 14.3. The summed E-state index contributed by atoms with van der Waals surface area (Å²) < 4.78 is 11.7. The molecule has 0 spiro atoms. The molecule has 4 aromatic rings. The molecule has 11 heteroatoms. The number of ether oxygens (including phenoxy) is 2. The summed E-state index contributed by atoms with van der Waals surface area (Å²) in [6, 6.07) is 23.9. The maximum Gasteiger partial charge on any atom is 0.413 e. The van der Waals surface area contributed by atoms with Crippen molar-refractivity contribution in [3.63, 3.8) is 0 Å². The fourth-order valence-corrected chi connectivity index (χ4v) is 5.46. The molecule has 2 unspecified atom stereocenters. The third-order valence-electron chi connectivity index (χ3n) is 7.13. The maximum absolute atomic E-state index is 14.3. The van der Waals surface area contributed by atoms with Gasteiger partial charge in [-0.25, -0.2) is 9.78 Å². The number of aromatic nitrogens is 1. The van der Waals surface area contributed by atoms with Gasteiger partial charge in [-0.2, -0.15) is 5.26 Å². The number of amides is 3. The summed E-state index contributed by atoms with van der Waals surface area (Å²) in [5.41, 5.74) is 2.68. The molecule has 1 saturated carbocycles. The lowest BCUT2D eigenvalue weighted by Crippen LogP contribution is -2.48. The molecule has 43 heavy (non-hydrogen) atoms. The minimum absolute atomic E-state index is 0.00260.